The Labute approximate surface area is 140 Å². The summed E-state index contributed by atoms with van der Waals surface area (Å²) in [5.41, 5.74) is 1.42. The van der Waals surface area contributed by atoms with Gasteiger partial charge in [-0.2, -0.15) is 0 Å². The number of benzene rings is 2. The third-order valence-electron chi connectivity index (χ3n) is 2.91. The van der Waals surface area contributed by atoms with E-state index in [0.717, 1.165) is 10.2 Å². The highest BCUT2D eigenvalue weighted by Crippen LogP contribution is 2.27. The lowest BCUT2D eigenvalue weighted by Crippen LogP contribution is -1.98. The monoisotopic (exact) mass is 377 g/mol. The predicted molar refractivity (Wildman–Crippen MR) is 89.9 cm³/mol. The molecule has 3 rings (SSSR count). The number of nitrogens with one attached hydrogen (secondary N) is 1. The number of halogens is 3. The van der Waals surface area contributed by atoms with Gasteiger partial charge < -0.3 is 5.32 Å². The van der Waals surface area contributed by atoms with Gasteiger partial charge in [-0.1, -0.05) is 35.9 Å². The molecule has 2 aromatic carbocycles. The van der Waals surface area contributed by atoms with Gasteiger partial charge in [0.25, 0.3) is 0 Å². The highest BCUT2D eigenvalue weighted by molar-refractivity contribution is 9.10. The van der Waals surface area contributed by atoms with Crippen molar-refractivity contribution in [3.63, 3.8) is 0 Å². The summed E-state index contributed by atoms with van der Waals surface area (Å²) in [7, 11) is 0. The van der Waals surface area contributed by atoms with E-state index in [0.29, 0.717) is 17.2 Å². The highest BCUT2D eigenvalue weighted by Gasteiger charge is 2.08. The largest absolute Gasteiger partial charge is 0.339 e. The Morgan fingerprint density at radius 1 is 1.00 bits per heavy atom. The van der Waals surface area contributed by atoms with Crippen molar-refractivity contribution in [2.45, 2.75) is 0 Å². The summed E-state index contributed by atoms with van der Waals surface area (Å²) in [4.78, 5) is 8.53. The normalized spacial score (nSPS) is 10.5. The summed E-state index contributed by atoms with van der Waals surface area (Å²) in [5.74, 6) is 0.550. The number of rotatable bonds is 3. The molecular weight excluding hydrogens is 369 g/mol. The van der Waals surface area contributed by atoms with Crippen LogP contribution in [0.2, 0.25) is 5.15 Å². The average Bonchev–Trinajstić information content (AvgIpc) is 2.49. The molecule has 3 aromatic rings. The van der Waals surface area contributed by atoms with Crippen LogP contribution in [0.1, 0.15) is 0 Å². The summed E-state index contributed by atoms with van der Waals surface area (Å²) in [6.45, 7) is 0. The number of anilines is 2. The van der Waals surface area contributed by atoms with Crippen LogP contribution in [0, 0.1) is 5.82 Å². The van der Waals surface area contributed by atoms with Crippen LogP contribution in [0.15, 0.2) is 59.1 Å². The summed E-state index contributed by atoms with van der Waals surface area (Å²) in [6, 6.07) is 15.3. The first kappa shape index (κ1) is 14.9. The van der Waals surface area contributed by atoms with Crippen LogP contribution in [-0.4, -0.2) is 9.97 Å². The van der Waals surface area contributed by atoms with E-state index in [1.165, 1.54) is 12.1 Å². The smallest absolute Gasteiger partial charge is 0.163 e. The zero-order chi connectivity index (χ0) is 15.5. The van der Waals surface area contributed by atoms with Gasteiger partial charge in [0.05, 0.1) is 5.69 Å². The van der Waals surface area contributed by atoms with E-state index in [1.54, 1.807) is 18.2 Å². The Balaban J connectivity index is 1.98. The molecule has 0 atom stereocenters. The summed E-state index contributed by atoms with van der Waals surface area (Å²) >= 11 is 9.51. The van der Waals surface area contributed by atoms with Gasteiger partial charge in [0.15, 0.2) is 5.82 Å². The molecule has 0 saturated heterocycles. The fourth-order valence-electron chi connectivity index (χ4n) is 1.94. The van der Waals surface area contributed by atoms with Crippen molar-refractivity contribution in [3.05, 3.63) is 70.0 Å². The molecule has 1 aromatic heterocycles. The van der Waals surface area contributed by atoms with Crippen LogP contribution >= 0.6 is 27.5 Å². The van der Waals surface area contributed by atoms with Gasteiger partial charge in [-0.05, 0) is 40.2 Å². The van der Waals surface area contributed by atoms with Crippen molar-refractivity contribution >= 4 is 39.0 Å². The maximum atomic E-state index is 13.3. The van der Waals surface area contributed by atoms with Crippen LogP contribution in [0.4, 0.5) is 15.9 Å². The molecule has 0 radical (unpaired) electrons. The second-order valence-electron chi connectivity index (χ2n) is 4.51. The molecule has 0 aliphatic rings. The summed E-state index contributed by atoms with van der Waals surface area (Å²) in [6.07, 6.45) is 0. The Kier molecular flexibility index (Phi) is 4.36. The number of hydrogen-bond donors (Lipinski definition) is 1. The average molecular weight is 379 g/mol. The molecular formula is C16H10BrClFN3. The molecule has 110 valence electrons. The lowest BCUT2D eigenvalue weighted by atomic mass is 10.2. The molecule has 0 bridgehead atoms. The van der Waals surface area contributed by atoms with E-state index >= 15 is 0 Å². The Hall–Kier alpha value is -1.98. The van der Waals surface area contributed by atoms with Gasteiger partial charge >= 0.3 is 0 Å². The maximum Gasteiger partial charge on any atom is 0.163 e. The van der Waals surface area contributed by atoms with Crippen LogP contribution in [-0.2, 0) is 0 Å². The quantitative estimate of drug-likeness (QED) is 0.616. The highest BCUT2D eigenvalue weighted by atomic mass is 79.9. The minimum Gasteiger partial charge on any atom is -0.339 e. The Morgan fingerprint density at radius 2 is 1.82 bits per heavy atom. The van der Waals surface area contributed by atoms with Crippen LogP contribution in [0.5, 0.6) is 0 Å². The van der Waals surface area contributed by atoms with Gasteiger partial charge in [0, 0.05) is 16.1 Å². The SMILES string of the molecule is Fc1cccc(-c2nc(Cl)cc(Nc3ccccc3Br)n2)c1. The molecule has 1 heterocycles. The first-order valence-electron chi connectivity index (χ1n) is 6.44. The fraction of sp³-hybridized carbons (Fsp3) is 0. The minimum atomic E-state index is -0.346. The van der Waals surface area contributed by atoms with E-state index < -0.39 is 0 Å². The molecule has 0 aliphatic carbocycles. The first-order chi connectivity index (χ1) is 10.6. The molecule has 0 spiro atoms. The number of aromatic nitrogens is 2. The van der Waals surface area contributed by atoms with Gasteiger partial charge in [0.1, 0.15) is 16.8 Å². The first-order valence-corrected chi connectivity index (χ1v) is 7.61. The standard InChI is InChI=1S/C16H10BrClFN3/c17-12-6-1-2-7-13(12)20-15-9-14(18)21-16(22-15)10-4-3-5-11(19)8-10/h1-9H,(H,20,21,22). The molecule has 0 unspecified atom stereocenters. The number of hydrogen-bond acceptors (Lipinski definition) is 3. The van der Waals surface area contributed by atoms with E-state index in [9.17, 15) is 4.39 Å². The molecule has 0 fully saturated rings. The topological polar surface area (TPSA) is 37.8 Å². The van der Waals surface area contributed by atoms with Crippen molar-refractivity contribution < 1.29 is 4.39 Å². The second-order valence-corrected chi connectivity index (χ2v) is 5.76. The van der Waals surface area contributed by atoms with E-state index in [1.807, 2.05) is 24.3 Å². The van der Waals surface area contributed by atoms with Crippen molar-refractivity contribution in [1.82, 2.24) is 9.97 Å². The second kappa shape index (κ2) is 6.42. The van der Waals surface area contributed by atoms with Crippen molar-refractivity contribution in [2.24, 2.45) is 0 Å². The van der Waals surface area contributed by atoms with E-state index in [2.05, 4.69) is 31.2 Å². The zero-order valence-electron chi connectivity index (χ0n) is 11.2. The van der Waals surface area contributed by atoms with Gasteiger partial charge in [0.2, 0.25) is 0 Å². The summed E-state index contributed by atoms with van der Waals surface area (Å²) < 4.78 is 14.2. The number of nitrogens with zero attached hydrogens (tertiary/aromatic N) is 2. The van der Waals surface area contributed by atoms with E-state index in [4.69, 9.17) is 11.6 Å². The predicted octanol–water partition coefficient (Wildman–Crippen LogP) is 5.44. The minimum absolute atomic E-state index is 0.281. The van der Waals surface area contributed by atoms with Crippen molar-refractivity contribution in [3.8, 4) is 11.4 Å². The van der Waals surface area contributed by atoms with Crippen molar-refractivity contribution in [2.75, 3.05) is 5.32 Å². The van der Waals surface area contributed by atoms with Crippen LogP contribution in [0.25, 0.3) is 11.4 Å². The maximum absolute atomic E-state index is 13.3. The van der Waals surface area contributed by atoms with Crippen LogP contribution in [0.3, 0.4) is 0 Å². The summed E-state index contributed by atoms with van der Waals surface area (Å²) in [5, 5.41) is 3.44. The van der Waals surface area contributed by atoms with Crippen LogP contribution < -0.4 is 5.32 Å². The van der Waals surface area contributed by atoms with Gasteiger partial charge in [-0.15, -0.1) is 0 Å². The molecule has 0 amide bonds. The third kappa shape index (κ3) is 3.43. The molecule has 0 aliphatic heterocycles. The molecule has 3 nitrogen and oxygen atoms in total. The van der Waals surface area contributed by atoms with E-state index in [-0.39, 0.29) is 11.0 Å². The zero-order valence-corrected chi connectivity index (χ0v) is 13.6. The molecule has 1 N–H and O–H groups in total. The molecule has 6 heteroatoms. The fourth-order valence-corrected chi connectivity index (χ4v) is 2.51. The van der Waals surface area contributed by atoms with Gasteiger partial charge in [-0.3, -0.25) is 0 Å². The Morgan fingerprint density at radius 3 is 2.59 bits per heavy atom. The molecule has 22 heavy (non-hydrogen) atoms. The lowest BCUT2D eigenvalue weighted by molar-refractivity contribution is 0.628. The molecule has 0 saturated carbocycles. The van der Waals surface area contributed by atoms with Gasteiger partial charge in [-0.25, -0.2) is 14.4 Å². The lowest BCUT2D eigenvalue weighted by Gasteiger charge is -2.09. The third-order valence-corrected chi connectivity index (χ3v) is 3.80. The Bertz CT molecular complexity index is 826. The van der Waals surface area contributed by atoms with Crippen molar-refractivity contribution in [1.29, 1.82) is 0 Å². The number of para-hydroxylation sites is 1.